The van der Waals surface area contributed by atoms with Crippen LogP contribution in [0.2, 0.25) is 0 Å². The van der Waals surface area contributed by atoms with Crippen LogP contribution in [0.1, 0.15) is 118 Å². The number of fused-ring (bicyclic) bond motifs is 5. The van der Waals surface area contributed by atoms with Gasteiger partial charge >= 0.3 is 54.9 Å². The monoisotopic (exact) mass is 1840 g/mol. The summed E-state index contributed by atoms with van der Waals surface area (Å²) in [6, 6.07) is 47.5. The number of carbonyl (C=O) groups excluding carboxylic acids is 8. The quantitative estimate of drug-likeness (QED) is 0.00891. The number of carboxylic acid groups (broad SMARTS) is 1. The third-order valence-corrected chi connectivity index (χ3v) is 24.2. The third kappa shape index (κ3) is 27.2. The van der Waals surface area contributed by atoms with Crippen LogP contribution >= 0.6 is 0 Å². The van der Waals surface area contributed by atoms with E-state index in [1.165, 1.54) is 0 Å². The van der Waals surface area contributed by atoms with Gasteiger partial charge in [-0.3, -0.25) is 14.4 Å². The summed E-state index contributed by atoms with van der Waals surface area (Å²) in [5, 5.41) is 29.3. The van der Waals surface area contributed by atoms with E-state index in [2.05, 4.69) is 45.1 Å². The maximum atomic E-state index is 13.7. The third-order valence-electron chi connectivity index (χ3n) is 24.2. The molecular weight excluding hydrogens is 1720 g/mol. The molecule has 6 aromatic carbocycles. The average molecular weight is 1840 g/mol. The number of unbranched alkanes of at least 4 members (excludes halogenated alkanes) is 2. The number of ether oxygens (including phenoxy) is 8. The smallest absolute Gasteiger partial charge is 0.870 e. The Labute approximate surface area is 800 Å². The maximum absolute atomic E-state index is 13.7. The molecule has 9 atom stereocenters. The number of esters is 2. The van der Waals surface area contributed by atoms with Gasteiger partial charge in [-0.2, -0.15) is 0 Å². The first-order valence-electron chi connectivity index (χ1n) is 45.1. The number of hydrogen-bond donors (Lipinski definition) is 7. The van der Waals surface area contributed by atoms with Gasteiger partial charge in [0.2, 0.25) is 17.7 Å². The zero-order chi connectivity index (χ0) is 93.9. The van der Waals surface area contributed by atoms with Crippen molar-refractivity contribution >= 4 is 86.4 Å². The van der Waals surface area contributed by atoms with E-state index in [0.717, 1.165) is 102 Å². The van der Waals surface area contributed by atoms with Crippen LogP contribution in [0, 0.1) is 17.8 Å². The summed E-state index contributed by atoms with van der Waals surface area (Å²) >= 11 is 0. The molecule has 8 N–H and O–H groups in total. The molecule has 135 heavy (non-hydrogen) atoms. The molecule has 5 heterocycles. The van der Waals surface area contributed by atoms with Gasteiger partial charge in [0.15, 0.2) is 0 Å². The van der Waals surface area contributed by atoms with Crippen LogP contribution in [0.4, 0.5) is 14.4 Å². The van der Waals surface area contributed by atoms with Crippen molar-refractivity contribution < 1.29 is 110 Å². The van der Waals surface area contributed by atoms with Crippen molar-refractivity contribution in [2.75, 3.05) is 95.1 Å². The number of urea groups is 3. The molecule has 2 aliphatic heterocycles. The van der Waals surface area contributed by atoms with Crippen LogP contribution in [-0.2, 0) is 38.2 Å². The molecule has 32 heteroatoms. The Morgan fingerprint density at radius 3 is 1.39 bits per heavy atom. The van der Waals surface area contributed by atoms with Crippen LogP contribution in [0.25, 0.3) is 66.5 Å². The number of allylic oxidation sites excluding steroid dienone is 3. The second-order valence-corrected chi connectivity index (χ2v) is 33.4. The minimum Gasteiger partial charge on any atom is -0.870 e. The van der Waals surface area contributed by atoms with Gasteiger partial charge < -0.3 is 95.1 Å². The van der Waals surface area contributed by atoms with Crippen LogP contribution < -0.4 is 79.2 Å². The number of nitrogens with one attached hydrogen (secondary N) is 6. The molecule has 9 amide bonds. The molecule has 3 aromatic heterocycles. The van der Waals surface area contributed by atoms with Crippen LogP contribution in [-0.4, -0.2) is 224 Å². The molecule has 14 rings (SSSR count). The predicted octanol–water partition coefficient (Wildman–Crippen LogP) is 12.4. The van der Waals surface area contributed by atoms with E-state index in [1.807, 2.05) is 194 Å². The van der Waals surface area contributed by atoms with Crippen molar-refractivity contribution in [2.24, 2.45) is 17.8 Å². The summed E-state index contributed by atoms with van der Waals surface area (Å²) in [6.07, 6.45) is 20.6. The summed E-state index contributed by atoms with van der Waals surface area (Å²) in [5.41, 5.74) is 3.33. The summed E-state index contributed by atoms with van der Waals surface area (Å²) in [7, 11) is 9.88. The first-order chi connectivity index (χ1) is 63.9. The normalized spacial score (nSPS) is 20.8. The van der Waals surface area contributed by atoms with Gasteiger partial charge in [0.1, 0.15) is 69.2 Å². The number of pyridine rings is 3. The van der Waals surface area contributed by atoms with Crippen molar-refractivity contribution in [3.63, 3.8) is 0 Å². The van der Waals surface area contributed by atoms with Gasteiger partial charge in [-0.25, -0.2) is 43.7 Å². The standard InChI is InChI=1S/C36H44N4O6.C34H40N4O6.C32H36N4O6.CH4.Li.H2O/c1-6-9-10-14-20-40(4)35(43)38-29(33(41)39-36(24-26(36)7-2)34(42)45-8-3)19-21-46-32-23-30(25-15-12-11-13-16-25)37-31-22-27(44-5)17-18-28(31)32;1-4-43-32(40)34-22-24(34)14-10-5-6-11-18-38(2)33(41)36-27(31(39)37-34)17-19-44-30-21-28(23-12-8-7-9-13-23)35-29-20-25(42-3)15-16-26(29)30;1-36-16-9-4-3-8-12-22-20-32(22,30(38)39)35-29(37)25(34-31(36)40)15-17-42-28-19-26(21-10-6-5-7-11-21)33-27-18-23(41-2)13-14-24(27)28;;;/h6-7,11-13,15-18,22-23,26,29H,1-2,8-10,14,19-21,24H2,3-5H3,(H,38,43)(H,39,41);7-10,12-16,20-21,24,27H,4-6,11,17-19,22H2,1-3H3,(H,36,41)(H,37,39);5-8,10-14,18-19,22,25H,3-4,9,15-17,20H2,1-2H3,(H,34,40)(H,35,37)(H,38,39);1H4;;1H2/q;;;;+1;/p-1/b;14-10-;12-8-;;;/t26-,29+,36-;24-,27+,34-;22-,25+,32-;;;/m111.../s1. The van der Waals surface area contributed by atoms with Crippen molar-refractivity contribution in [1.29, 1.82) is 0 Å². The number of hydrogen-bond acceptors (Lipinski definition) is 21. The molecule has 3 saturated carbocycles. The molecule has 0 unspecified atom stereocenters. The number of aliphatic carboxylic acids is 1. The van der Waals surface area contributed by atoms with E-state index in [9.17, 15) is 48.3 Å². The number of aromatic nitrogens is 3. The number of nitrogens with zero attached hydrogens (tertiary/aromatic N) is 6. The van der Waals surface area contributed by atoms with Gasteiger partial charge in [0, 0.05) is 147 Å². The number of carboxylic acids is 1. The first kappa shape index (κ1) is 105. The van der Waals surface area contributed by atoms with E-state index in [0.29, 0.717) is 95.6 Å². The zero-order valence-electron chi connectivity index (χ0n) is 77.7. The van der Waals surface area contributed by atoms with Crippen LogP contribution in [0.15, 0.2) is 213 Å². The van der Waals surface area contributed by atoms with Gasteiger partial charge in [0.05, 0.1) is 88.0 Å². The van der Waals surface area contributed by atoms with E-state index in [4.69, 9.17) is 52.8 Å². The maximum Gasteiger partial charge on any atom is 1.00 e. The fourth-order valence-corrected chi connectivity index (χ4v) is 16.0. The van der Waals surface area contributed by atoms with Crippen molar-refractivity contribution in [1.82, 2.24) is 61.6 Å². The Morgan fingerprint density at radius 2 is 0.978 bits per heavy atom. The molecule has 712 valence electrons. The summed E-state index contributed by atoms with van der Waals surface area (Å²) in [5.74, 6) is -0.503. The Kier molecular flexibility index (Phi) is 39.0. The Balaban J connectivity index is 0.000000225. The molecule has 3 aliphatic carbocycles. The molecule has 0 bridgehead atoms. The Morgan fingerprint density at radius 1 is 0.563 bits per heavy atom. The summed E-state index contributed by atoms with van der Waals surface area (Å²) < 4.78 is 45.7. The topological polar surface area (TPSA) is 398 Å². The Hall–Kier alpha value is -13.5. The van der Waals surface area contributed by atoms with E-state index in [-0.39, 0.29) is 108 Å². The fourth-order valence-electron chi connectivity index (χ4n) is 16.0. The molecule has 3 fully saturated rings. The minimum absolute atomic E-state index is 0. The SMILES string of the molecule is C.C=CCCCCN(C)C(=O)N[C@@H](CCOc1cc(-c2ccccc2)nc2cc(OC)ccc12)C(=O)N[C@]1(C(=O)OCC)C[C@H]1C=C.CCOC(=O)[C@@]12C[C@H]1/C=C\CCCCN(C)C(=O)N[C@@H](CCOc1cc(-c3ccccc3)nc3cc(OC)ccc13)C(=O)N2.COc1ccc2c(OCC[C@@H]3NC(=O)N(C)CCCC/C=C\[C@@H]4C[C@@]4(C(=O)O)NC3=O)cc(-c3ccccc3)nc2c1.[Li+].[OH-]. The predicted molar refractivity (Wildman–Crippen MR) is 513 cm³/mol. The van der Waals surface area contributed by atoms with Crippen LogP contribution in [0.5, 0.6) is 34.5 Å². The second-order valence-electron chi connectivity index (χ2n) is 33.4. The van der Waals surface area contributed by atoms with E-state index >= 15 is 0 Å². The van der Waals surface area contributed by atoms with Crippen LogP contribution in [0.3, 0.4) is 0 Å². The average Bonchev–Trinajstić information content (AvgIpc) is 1.59. The zero-order valence-corrected chi connectivity index (χ0v) is 77.7. The number of amides is 9. The van der Waals surface area contributed by atoms with Gasteiger partial charge in [-0.05, 0) is 127 Å². The minimum atomic E-state index is -1.36. The van der Waals surface area contributed by atoms with Crippen molar-refractivity contribution in [3.8, 4) is 68.3 Å². The number of rotatable bonds is 32. The van der Waals surface area contributed by atoms with Gasteiger partial charge in [0.25, 0.3) is 0 Å². The largest absolute Gasteiger partial charge is 1.00 e. The van der Waals surface area contributed by atoms with Crippen molar-refractivity contribution in [3.05, 3.63) is 213 Å². The van der Waals surface area contributed by atoms with Gasteiger partial charge in [-0.15, -0.1) is 13.2 Å². The summed E-state index contributed by atoms with van der Waals surface area (Å²) in [6.45, 7) is 13.3. The van der Waals surface area contributed by atoms with E-state index < -0.39 is 82.4 Å². The number of benzene rings is 6. The number of carbonyl (C=O) groups is 9. The fraction of sp³-hybridized carbons (Fsp3) is 0.398. The van der Waals surface area contributed by atoms with Crippen molar-refractivity contribution in [2.45, 2.75) is 152 Å². The molecule has 0 spiro atoms. The first-order valence-corrected chi connectivity index (χ1v) is 45.1. The molecular formula is C103H125LiN12O19. The molecule has 9 aromatic rings. The molecule has 5 aliphatic rings. The van der Waals surface area contributed by atoms with E-state index in [1.54, 1.807) is 77.1 Å². The number of methoxy groups -OCH3 is 3. The summed E-state index contributed by atoms with van der Waals surface area (Å²) in [4.78, 5) is 137. The second kappa shape index (κ2) is 50.0. The van der Waals surface area contributed by atoms with Gasteiger partial charge in [-0.1, -0.05) is 135 Å². The molecule has 0 saturated heterocycles. The Bertz CT molecular complexity index is 5660. The molecule has 0 radical (unpaired) electrons. The molecule has 31 nitrogen and oxygen atoms in total.